The monoisotopic (exact) mass is 347 g/mol. The lowest BCUT2D eigenvalue weighted by Gasteiger charge is -2.20. The summed E-state index contributed by atoms with van der Waals surface area (Å²) in [5.74, 6) is 0.607. The number of fused-ring (bicyclic) bond motifs is 1. The summed E-state index contributed by atoms with van der Waals surface area (Å²) >= 11 is 0. The molecule has 3 aromatic rings. The van der Waals surface area contributed by atoms with Crippen LogP contribution >= 0.6 is 0 Å². The third kappa shape index (κ3) is 3.88. The fourth-order valence-electron chi connectivity index (χ4n) is 3.13. The molecule has 0 spiro atoms. The molecule has 134 valence electrons. The average Bonchev–Trinajstić information content (AvgIpc) is 2.67. The van der Waals surface area contributed by atoms with E-state index in [1.165, 1.54) is 0 Å². The summed E-state index contributed by atoms with van der Waals surface area (Å²) in [4.78, 5) is 12.8. The molecule has 0 saturated heterocycles. The number of hydrogen-bond donors (Lipinski definition) is 1. The molecule has 1 amide bonds. The lowest BCUT2D eigenvalue weighted by Crippen LogP contribution is -2.33. The van der Waals surface area contributed by atoms with Gasteiger partial charge in [-0.3, -0.25) is 4.79 Å². The third-order valence-electron chi connectivity index (χ3n) is 4.65. The minimum absolute atomic E-state index is 0.107. The Morgan fingerprint density at radius 1 is 1.00 bits per heavy atom. The molecule has 0 aliphatic carbocycles. The lowest BCUT2D eigenvalue weighted by molar-refractivity contribution is -0.122. The van der Waals surface area contributed by atoms with Gasteiger partial charge in [-0.05, 0) is 53.8 Å². The minimum Gasteiger partial charge on any atom is -0.481 e. The summed E-state index contributed by atoms with van der Waals surface area (Å²) in [6, 6.07) is 20.1. The van der Waals surface area contributed by atoms with E-state index in [9.17, 15) is 4.79 Å². The average molecular weight is 347 g/mol. The van der Waals surface area contributed by atoms with Crippen LogP contribution < -0.4 is 10.1 Å². The van der Waals surface area contributed by atoms with E-state index in [1.54, 1.807) is 0 Å². The first-order valence-corrected chi connectivity index (χ1v) is 9.17. The molecule has 0 bridgehead atoms. The Bertz CT molecular complexity index is 917. The van der Waals surface area contributed by atoms with Crippen molar-refractivity contribution in [3.8, 4) is 5.75 Å². The summed E-state index contributed by atoms with van der Waals surface area (Å²) in [6.07, 6.45) is 0.950. The van der Waals surface area contributed by atoms with Crippen LogP contribution in [0.3, 0.4) is 0 Å². The van der Waals surface area contributed by atoms with Crippen LogP contribution in [0.4, 0.5) is 5.69 Å². The van der Waals surface area contributed by atoms with Crippen LogP contribution in [0, 0.1) is 6.92 Å². The molecule has 0 radical (unpaired) electrons. The van der Waals surface area contributed by atoms with Crippen molar-refractivity contribution in [3.63, 3.8) is 0 Å². The van der Waals surface area contributed by atoms with Gasteiger partial charge in [0.05, 0.1) is 0 Å². The zero-order valence-electron chi connectivity index (χ0n) is 15.6. The Kier molecular flexibility index (Phi) is 5.57. The molecule has 3 nitrogen and oxygen atoms in total. The largest absolute Gasteiger partial charge is 0.481 e. The predicted molar refractivity (Wildman–Crippen MR) is 108 cm³/mol. The van der Waals surface area contributed by atoms with Crippen molar-refractivity contribution < 1.29 is 9.53 Å². The predicted octanol–water partition coefficient (Wildman–Crippen LogP) is 5.51. The van der Waals surface area contributed by atoms with Gasteiger partial charge < -0.3 is 10.1 Å². The van der Waals surface area contributed by atoms with Crippen molar-refractivity contribution in [1.82, 2.24) is 0 Å². The van der Waals surface area contributed by atoms with E-state index in [4.69, 9.17) is 4.74 Å². The van der Waals surface area contributed by atoms with E-state index in [-0.39, 0.29) is 5.91 Å². The number of hydrogen-bond acceptors (Lipinski definition) is 2. The van der Waals surface area contributed by atoms with E-state index >= 15 is 0 Å². The van der Waals surface area contributed by atoms with Gasteiger partial charge in [-0.2, -0.15) is 0 Å². The molecule has 3 rings (SSSR count). The summed E-state index contributed by atoms with van der Waals surface area (Å²) in [6.45, 7) is 6.07. The number of aryl methyl sites for hydroxylation is 2. The molecule has 0 aliphatic heterocycles. The topological polar surface area (TPSA) is 38.3 Å². The number of amides is 1. The maximum Gasteiger partial charge on any atom is 0.265 e. The van der Waals surface area contributed by atoms with E-state index in [1.807, 2.05) is 68.4 Å². The van der Waals surface area contributed by atoms with E-state index in [0.717, 1.165) is 34.0 Å². The van der Waals surface area contributed by atoms with Crippen molar-refractivity contribution in [1.29, 1.82) is 0 Å². The first-order valence-electron chi connectivity index (χ1n) is 9.17. The summed E-state index contributed by atoms with van der Waals surface area (Å²) in [5, 5.41) is 5.34. The first kappa shape index (κ1) is 18.0. The second-order valence-corrected chi connectivity index (χ2v) is 6.48. The van der Waals surface area contributed by atoms with Gasteiger partial charge in [0.2, 0.25) is 0 Å². The van der Waals surface area contributed by atoms with Gasteiger partial charge in [-0.25, -0.2) is 0 Å². The Balaban J connectivity index is 1.78. The van der Waals surface area contributed by atoms with Gasteiger partial charge >= 0.3 is 0 Å². The zero-order valence-corrected chi connectivity index (χ0v) is 15.6. The Hall–Kier alpha value is -2.81. The van der Waals surface area contributed by atoms with Gasteiger partial charge in [0, 0.05) is 5.69 Å². The van der Waals surface area contributed by atoms with Gasteiger partial charge in [0.25, 0.3) is 5.91 Å². The van der Waals surface area contributed by atoms with Crippen molar-refractivity contribution in [3.05, 3.63) is 71.8 Å². The SMILES string of the molecule is CCc1cccc(C)c1NC(=O)[C@H](CC)Oc1ccc2ccccc2c1. The first-order chi connectivity index (χ1) is 12.6. The maximum absolute atomic E-state index is 12.8. The molecule has 1 atom stereocenters. The fourth-order valence-corrected chi connectivity index (χ4v) is 3.13. The number of carbonyl (C=O) groups excluding carboxylic acids is 1. The van der Waals surface area contributed by atoms with Crippen LogP contribution in [0.2, 0.25) is 0 Å². The molecular formula is C23H25NO2. The quantitative estimate of drug-likeness (QED) is 0.639. The smallest absolute Gasteiger partial charge is 0.265 e. The normalized spacial score (nSPS) is 12.0. The highest BCUT2D eigenvalue weighted by Crippen LogP contribution is 2.24. The minimum atomic E-state index is -0.527. The van der Waals surface area contributed by atoms with Crippen LogP contribution in [0.1, 0.15) is 31.4 Å². The molecule has 0 unspecified atom stereocenters. The van der Waals surface area contributed by atoms with Crippen molar-refractivity contribution >= 4 is 22.4 Å². The van der Waals surface area contributed by atoms with Gasteiger partial charge in [0.15, 0.2) is 6.10 Å². The summed E-state index contributed by atoms with van der Waals surface area (Å²) < 4.78 is 6.01. The molecule has 0 aromatic heterocycles. The molecule has 0 aliphatic rings. The van der Waals surface area contributed by atoms with Gasteiger partial charge in [-0.1, -0.05) is 62.4 Å². The van der Waals surface area contributed by atoms with Crippen LogP contribution in [0.5, 0.6) is 5.75 Å². The summed E-state index contributed by atoms with van der Waals surface area (Å²) in [7, 11) is 0. The highest BCUT2D eigenvalue weighted by molar-refractivity contribution is 5.96. The van der Waals surface area contributed by atoms with Gasteiger partial charge in [0.1, 0.15) is 5.75 Å². The Labute approximate surface area is 155 Å². The van der Waals surface area contributed by atoms with Crippen LogP contribution in [0.25, 0.3) is 10.8 Å². The van der Waals surface area contributed by atoms with Crippen LogP contribution in [-0.2, 0) is 11.2 Å². The number of anilines is 1. The fraction of sp³-hybridized carbons (Fsp3) is 0.261. The van der Waals surface area contributed by atoms with Crippen molar-refractivity contribution in [2.24, 2.45) is 0 Å². The second kappa shape index (κ2) is 8.05. The van der Waals surface area contributed by atoms with Crippen LogP contribution in [-0.4, -0.2) is 12.0 Å². The highest BCUT2D eigenvalue weighted by atomic mass is 16.5. The molecule has 1 N–H and O–H groups in total. The Morgan fingerprint density at radius 2 is 1.77 bits per heavy atom. The standard InChI is InChI=1S/C23H25NO2/c1-4-17-12-8-9-16(3)22(17)24-23(25)21(5-2)26-20-14-13-18-10-6-7-11-19(18)15-20/h6-15,21H,4-5H2,1-3H3,(H,24,25)/t21-/m0/s1. The van der Waals surface area contributed by atoms with E-state index in [2.05, 4.69) is 18.3 Å². The zero-order chi connectivity index (χ0) is 18.5. The van der Waals surface area contributed by atoms with Crippen LogP contribution in [0.15, 0.2) is 60.7 Å². The molecule has 3 heteroatoms. The molecular weight excluding hydrogens is 322 g/mol. The van der Waals surface area contributed by atoms with Crippen molar-refractivity contribution in [2.75, 3.05) is 5.32 Å². The lowest BCUT2D eigenvalue weighted by atomic mass is 10.1. The molecule has 0 saturated carbocycles. The number of rotatable bonds is 6. The highest BCUT2D eigenvalue weighted by Gasteiger charge is 2.20. The van der Waals surface area contributed by atoms with E-state index in [0.29, 0.717) is 12.2 Å². The Morgan fingerprint density at radius 3 is 2.50 bits per heavy atom. The molecule has 3 aromatic carbocycles. The molecule has 0 heterocycles. The third-order valence-corrected chi connectivity index (χ3v) is 4.65. The number of nitrogens with one attached hydrogen (secondary N) is 1. The number of ether oxygens (including phenoxy) is 1. The molecule has 0 fully saturated rings. The number of carbonyl (C=O) groups is 1. The van der Waals surface area contributed by atoms with Gasteiger partial charge in [-0.15, -0.1) is 0 Å². The maximum atomic E-state index is 12.8. The number of benzene rings is 3. The summed E-state index contributed by atoms with van der Waals surface area (Å²) in [5.41, 5.74) is 3.11. The van der Waals surface area contributed by atoms with E-state index < -0.39 is 6.10 Å². The van der Waals surface area contributed by atoms with Crippen molar-refractivity contribution in [2.45, 2.75) is 39.7 Å². The second-order valence-electron chi connectivity index (χ2n) is 6.48. The number of para-hydroxylation sites is 1. The molecule has 26 heavy (non-hydrogen) atoms.